The zero-order chi connectivity index (χ0) is 20.6. The maximum atomic E-state index is 12.2. The van der Waals surface area contributed by atoms with Crippen molar-refractivity contribution >= 4 is 17.7 Å². The summed E-state index contributed by atoms with van der Waals surface area (Å²) in [6, 6.07) is 13.7. The van der Waals surface area contributed by atoms with E-state index in [4.69, 9.17) is 0 Å². The van der Waals surface area contributed by atoms with Gasteiger partial charge in [0.05, 0.1) is 0 Å². The van der Waals surface area contributed by atoms with Crippen molar-refractivity contribution in [3.05, 3.63) is 59.4 Å². The lowest BCUT2D eigenvalue weighted by atomic mass is 9.89. The molecule has 3 nitrogen and oxygen atoms in total. The Balaban J connectivity index is 0.000000224. The van der Waals surface area contributed by atoms with Crippen molar-refractivity contribution < 1.29 is 9.18 Å². The average Bonchev–Trinajstić information content (AvgIpc) is 2.79. The topological polar surface area (TPSA) is 32.3 Å². The van der Waals surface area contributed by atoms with Gasteiger partial charge < -0.3 is 15.0 Å². The molecular weight excluding hydrogens is 363 g/mol. The fraction of sp³-hybridized carbons (Fsp3) is 0.480. The quantitative estimate of drug-likeness (QED) is 0.649. The third-order valence-electron chi connectivity index (χ3n) is 6.14. The third kappa shape index (κ3) is 5.59. The average molecular weight is 397 g/mol. The normalized spacial score (nSPS) is 17.6. The van der Waals surface area contributed by atoms with Gasteiger partial charge in [0, 0.05) is 36.9 Å². The van der Waals surface area contributed by atoms with Gasteiger partial charge >= 0.3 is 0 Å². The first kappa shape index (κ1) is 21.4. The molecule has 0 aromatic heterocycles. The van der Waals surface area contributed by atoms with Crippen LogP contribution in [0.15, 0.2) is 42.5 Å². The minimum Gasteiger partial charge on any atom is -0.388 e. The Labute approximate surface area is 174 Å². The molecule has 2 aromatic rings. The number of benzene rings is 2. The van der Waals surface area contributed by atoms with E-state index in [2.05, 4.69) is 28.4 Å². The number of fused-ring (bicyclic) bond motifs is 1. The number of carbonyl (C=O) groups is 1. The van der Waals surface area contributed by atoms with Crippen LogP contribution in [-0.2, 0) is 11.2 Å². The molecule has 4 heteroatoms. The smallest absolute Gasteiger partial charge is 0.127 e. The first-order valence-electron chi connectivity index (χ1n) is 10.9. The highest BCUT2D eigenvalue weighted by atomic mass is 19.1. The number of hydrogen-bond acceptors (Lipinski definition) is 3. The summed E-state index contributed by atoms with van der Waals surface area (Å²) in [5, 5.41) is 2.89. The number of anilines is 2. The van der Waals surface area contributed by atoms with Gasteiger partial charge in [-0.1, -0.05) is 38.3 Å². The van der Waals surface area contributed by atoms with Crippen LogP contribution in [-0.4, -0.2) is 25.9 Å². The van der Waals surface area contributed by atoms with Crippen LogP contribution in [0, 0.1) is 5.82 Å². The molecule has 1 heterocycles. The maximum absolute atomic E-state index is 12.2. The van der Waals surface area contributed by atoms with E-state index in [0.717, 1.165) is 24.4 Å². The highest BCUT2D eigenvalue weighted by Crippen LogP contribution is 2.34. The molecule has 29 heavy (non-hydrogen) atoms. The molecule has 1 atom stereocenters. The van der Waals surface area contributed by atoms with Crippen LogP contribution in [0.2, 0.25) is 0 Å². The van der Waals surface area contributed by atoms with Gasteiger partial charge in [0.15, 0.2) is 0 Å². The Morgan fingerprint density at radius 1 is 1.07 bits per heavy atom. The largest absolute Gasteiger partial charge is 0.388 e. The second-order valence-corrected chi connectivity index (χ2v) is 8.16. The zero-order valence-corrected chi connectivity index (χ0v) is 17.7. The molecule has 0 spiro atoms. The summed E-state index contributed by atoms with van der Waals surface area (Å²) in [5.41, 5.74) is 4.98. The molecule has 1 saturated carbocycles. The number of nitrogens with one attached hydrogen (secondary N) is 1. The summed E-state index contributed by atoms with van der Waals surface area (Å²) in [6.45, 7) is 3.19. The van der Waals surface area contributed by atoms with Crippen LogP contribution in [0.5, 0.6) is 0 Å². The van der Waals surface area contributed by atoms with E-state index in [-0.39, 0.29) is 11.7 Å². The standard InChI is InChI=1S/C18H25NO.C7H8FN/c1-14(13-20)15-9-10-18-16(12-15)6-5-11-19(18)17-7-3-2-4-8-17;1-9-7-4-2-6(8)3-5-7/h9-10,12-14,17H,2-8,11H2,1H3;2-5,9H,1H3. The predicted molar refractivity (Wildman–Crippen MR) is 119 cm³/mol. The summed E-state index contributed by atoms with van der Waals surface area (Å²) in [5.74, 6) is -0.181. The van der Waals surface area contributed by atoms with E-state index in [1.54, 1.807) is 19.2 Å². The predicted octanol–water partition coefficient (Wildman–Crippen LogP) is 5.94. The summed E-state index contributed by atoms with van der Waals surface area (Å²) in [7, 11) is 1.80. The molecule has 1 aliphatic carbocycles. The van der Waals surface area contributed by atoms with E-state index in [9.17, 15) is 9.18 Å². The van der Waals surface area contributed by atoms with Gasteiger partial charge in [-0.2, -0.15) is 0 Å². The zero-order valence-electron chi connectivity index (χ0n) is 17.7. The minimum atomic E-state index is -0.200. The number of nitrogens with zero attached hydrogens (tertiary/aromatic N) is 1. The summed E-state index contributed by atoms with van der Waals surface area (Å²) >= 11 is 0. The molecule has 2 aromatic carbocycles. The van der Waals surface area contributed by atoms with E-state index >= 15 is 0 Å². The van der Waals surface area contributed by atoms with Gasteiger partial charge in [0.25, 0.3) is 0 Å². The van der Waals surface area contributed by atoms with Gasteiger partial charge in [0.2, 0.25) is 0 Å². The van der Waals surface area contributed by atoms with Gasteiger partial charge in [-0.05, 0) is 67.1 Å². The molecule has 0 saturated heterocycles. The van der Waals surface area contributed by atoms with Crippen molar-refractivity contribution in [2.24, 2.45) is 0 Å². The number of halogens is 1. The first-order valence-corrected chi connectivity index (χ1v) is 10.9. The molecule has 4 rings (SSSR count). The summed E-state index contributed by atoms with van der Waals surface area (Å²) in [4.78, 5) is 13.6. The Kier molecular flexibility index (Phi) is 7.68. The van der Waals surface area contributed by atoms with Crippen molar-refractivity contribution in [2.75, 3.05) is 23.8 Å². The Morgan fingerprint density at radius 2 is 1.79 bits per heavy atom. The second-order valence-electron chi connectivity index (χ2n) is 8.16. The molecule has 0 radical (unpaired) electrons. The monoisotopic (exact) mass is 396 g/mol. The van der Waals surface area contributed by atoms with Crippen LogP contribution >= 0.6 is 0 Å². The molecule has 156 valence electrons. The molecule has 0 bridgehead atoms. The first-order chi connectivity index (χ1) is 14.1. The highest BCUT2D eigenvalue weighted by molar-refractivity contribution is 5.65. The Hall–Kier alpha value is -2.36. The number of carbonyl (C=O) groups excluding carboxylic acids is 1. The second kappa shape index (κ2) is 10.4. The van der Waals surface area contributed by atoms with Crippen molar-refractivity contribution in [1.29, 1.82) is 0 Å². The van der Waals surface area contributed by atoms with Crippen LogP contribution in [0.4, 0.5) is 15.8 Å². The highest BCUT2D eigenvalue weighted by Gasteiger charge is 2.25. The summed E-state index contributed by atoms with van der Waals surface area (Å²) < 4.78 is 12.2. The Bertz CT molecular complexity index is 784. The van der Waals surface area contributed by atoms with Crippen molar-refractivity contribution in [3.8, 4) is 0 Å². The van der Waals surface area contributed by atoms with E-state index in [0.29, 0.717) is 0 Å². The molecule has 0 amide bonds. The van der Waals surface area contributed by atoms with Crippen LogP contribution in [0.3, 0.4) is 0 Å². The van der Waals surface area contributed by atoms with Gasteiger partial charge in [-0.25, -0.2) is 4.39 Å². The molecule has 1 unspecified atom stereocenters. The van der Waals surface area contributed by atoms with E-state index in [1.165, 1.54) is 74.0 Å². The van der Waals surface area contributed by atoms with Crippen LogP contribution in [0.25, 0.3) is 0 Å². The third-order valence-corrected chi connectivity index (χ3v) is 6.14. The number of hydrogen-bond donors (Lipinski definition) is 1. The fourth-order valence-corrected chi connectivity index (χ4v) is 4.40. The van der Waals surface area contributed by atoms with E-state index < -0.39 is 0 Å². The lowest BCUT2D eigenvalue weighted by Gasteiger charge is -2.40. The number of aldehydes is 1. The van der Waals surface area contributed by atoms with Crippen LogP contribution < -0.4 is 10.2 Å². The van der Waals surface area contributed by atoms with Gasteiger partial charge in [-0.3, -0.25) is 0 Å². The molecule has 1 aliphatic heterocycles. The van der Waals surface area contributed by atoms with Gasteiger partial charge in [0.1, 0.15) is 12.1 Å². The van der Waals surface area contributed by atoms with E-state index in [1.807, 2.05) is 6.92 Å². The minimum absolute atomic E-state index is 0.0188. The van der Waals surface area contributed by atoms with Crippen molar-refractivity contribution in [1.82, 2.24) is 0 Å². The Morgan fingerprint density at radius 3 is 2.45 bits per heavy atom. The van der Waals surface area contributed by atoms with Crippen molar-refractivity contribution in [2.45, 2.75) is 63.8 Å². The van der Waals surface area contributed by atoms with Gasteiger partial charge in [-0.15, -0.1) is 0 Å². The SMILES string of the molecule is CC(C=O)c1ccc2c(c1)CCCN2C1CCCCC1.CNc1ccc(F)cc1. The molecular formula is C25H33FN2O. The van der Waals surface area contributed by atoms with Crippen LogP contribution in [0.1, 0.15) is 62.5 Å². The fourth-order valence-electron chi connectivity index (χ4n) is 4.40. The lowest BCUT2D eigenvalue weighted by Crippen LogP contribution is -2.40. The lowest BCUT2D eigenvalue weighted by molar-refractivity contribution is -0.108. The summed E-state index contributed by atoms with van der Waals surface area (Å²) in [6.07, 6.45) is 10.3. The molecule has 1 fully saturated rings. The number of rotatable bonds is 4. The number of aryl methyl sites for hydroxylation is 1. The maximum Gasteiger partial charge on any atom is 0.127 e. The molecule has 1 N–H and O–H groups in total. The van der Waals surface area contributed by atoms with Crippen molar-refractivity contribution in [3.63, 3.8) is 0 Å². The molecule has 2 aliphatic rings.